The first kappa shape index (κ1) is 34.9. The molecule has 0 N–H and O–H groups in total. The third-order valence-corrected chi connectivity index (χ3v) is 5.74. The average molecular weight is 628 g/mol. The molecule has 20 heteroatoms. The Morgan fingerprint density at radius 3 is 1.41 bits per heavy atom. The molecule has 0 spiro atoms. The lowest BCUT2D eigenvalue weighted by atomic mass is 9.88. The maximum Gasteiger partial charge on any atom is 0.460 e. The Labute approximate surface area is 210 Å². The highest BCUT2D eigenvalue weighted by molar-refractivity contribution is 8.14. The number of rotatable bonds is 12. The summed E-state index contributed by atoms with van der Waals surface area (Å²) < 4.78 is 230. The van der Waals surface area contributed by atoms with Gasteiger partial charge in [-0.2, -0.15) is 74.6 Å². The second-order valence-electron chi connectivity index (χ2n) is 7.49. The van der Waals surface area contributed by atoms with Crippen LogP contribution >= 0.6 is 11.8 Å². The van der Waals surface area contributed by atoms with Crippen LogP contribution < -0.4 is 4.74 Å². The summed E-state index contributed by atoms with van der Waals surface area (Å²) >= 11 is -0.292. The molecule has 2 nitrogen and oxygen atoms in total. The fraction of sp³-hybridized carbons (Fsp3) is 0.632. The van der Waals surface area contributed by atoms with Crippen molar-refractivity contribution in [3.05, 3.63) is 29.8 Å². The molecule has 0 aliphatic rings. The van der Waals surface area contributed by atoms with Crippen LogP contribution in [0.5, 0.6) is 5.75 Å². The molecule has 1 rings (SSSR count). The van der Waals surface area contributed by atoms with Crippen molar-refractivity contribution in [3.8, 4) is 5.75 Å². The largest absolute Gasteiger partial charge is 0.494 e. The smallest absolute Gasteiger partial charge is 0.460 e. The zero-order valence-electron chi connectivity index (χ0n) is 18.6. The van der Waals surface area contributed by atoms with E-state index in [4.69, 9.17) is 4.74 Å². The van der Waals surface area contributed by atoms with Crippen LogP contribution in [0.1, 0.15) is 23.7 Å². The van der Waals surface area contributed by atoms with Gasteiger partial charge >= 0.3 is 47.6 Å². The number of hydrogen-bond acceptors (Lipinski definition) is 3. The number of hydrogen-bond donors (Lipinski definition) is 0. The van der Waals surface area contributed by atoms with Gasteiger partial charge in [0.25, 0.3) is 0 Å². The van der Waals surface area contributed by atoms with E-state index in [0.29, 0.717) is 0 Å². The van der Waals surface area contributed by atoms with E-state index in [1.165, 1.54) is 12.1 Å². The normalized spacial score (nSPS) is 14.9. The van der Waals surface area contributed by atoms with E-state index in [2.05, 4.69) is 0 Å². The minimum Gasteiger partial charge on any atom is -0.494 e. The summed E-state index contributed by atoms with van der Waals surface area (Å²) in [5.74, 6) is -58.0. The summed E-state index contributed by atoms with van der Waals surface area (Å²) in [6.45, 7) is 1.76. The Bertz CT molecular complexity index is 1000. The number of benzene rings is 1. The number of alkyl halides is 17. The highest BCUT2D eigenvalue weighted by Gasteiger charge is 2.95. The molecular formula is C19H13F17O2S. The van der Waals surface area contributed by atoms with E-state index in [9.17, 15) is 79.4 Å². The van der Waals surface area contributed by atoms with Crippen molar-refractivity contribution in [1.29, 1.82) is 0 Å². The zero-order valence-corrected chi connectivity index (χ0v) is 19.4. The highest BCUT2D eigenvalue weighted by atomic mass is 32.2. The molecule has 0 unspecified atom stereocenters. The molecule has 0 bridgehead atoms. The van der Waals surface area contributed by atoms with Crippen LogP contribution in [-0.4, -0.2) is 65.1 Å². The summed E-state index contributed by atoms with van der Waals surface area (Å²) in [6.07, 6.45) is -10.5. The van der Waals surface area contributed by atoms with E-state index in [-0.39, 0.29) is 29.7 Å². The molecule has 0 fully saturated rings. The zero-order chi connectivity index (χ0) is 31.1. The molecular weight excluding hydrogens is 615 g/mol. The van der Waals surface area contributed by atoms with Crippen molar-refractivity contribution in [2.45, 2.75) is 61.0 Å². The van der Waals surface area contributed by atoms with Gasteiger partial charge in [-0.1, -0.05) is 11.8 Å². The second kappa shape index (κ2) is 10.7. The third kappa shape index (κ3) is 5.71. The standard InChI is InChI=1S/C19H13F17O2S/c1-2-38-10-5-3-9(4-6-10)11(37)39-8-7-12(20,21)13(22,23)14(24,25)15(26,27)16(28,29)17(30,31)18(32,33)19(34,35)36/h3-6H,2,7-8H2,1H3. The van der Waals surface area contributed by atoms with Gasteiger partial charge < -0.3 is 4.74 Å². The molecule has 0 heterocycles. The molecule has 0 amide bonds. The molecule has 0 aliphatic carbocycles. The number of halogens is 17. The van der Waals surface area contributed by atoms with Gasteiger partial charge in [-0.3, -0.25) is 4.79 Å². The molecule has 0 saturated heterocycles. The molecule has 1 aromatic rings. The number of ether oxygens (including phenoxy) is 1. The molecule has 226 valence electrons. The van der Waals surface area contributed by atoms with Gasteiger partial charge in [-0.15, -0.1) is 0 Å². The van der Waals surface area contributed by atoms with Crippen molar-refractivity contribution in [1.82, 2.24) is 0 Å². The monoisotopic (exact) mass is 628 g/mol. The van der Waals surface area contributed by atoms with E-state index >= 15 is 0 Å². The Morgan fingerprint density at radius 1 is 0.641 bits per heavy atom. The molecule has 0 aromatic heterocycles. The predicted molar refractivity (Wildman–Crippen MR) is 99.7 cm³/mol. The minimum absolute atomic E-state index is 0.184. The van der Waals surface area contributed by atoms with E-state index in [1.807, 2.05) is 0 Å². The van der Waals surface area contributed by atoms with E-state index in [1.54, 1.807) is 6.92 Å². The van der Waals surface area contributed by atoms with Crippen LogP contribution in [0.15, 0.2) is 24.3 Å². The fourth-order valence-corrected chi connectivity index (χ4v) is 3.41. The van der Waals surface area contributed by atoms with Crippen molar-refractivity contribution < 1.29 is 84.2 Å². The fourth-order valence-electron chi connectivity index (χ4n) is 2.56. The quantitative estimate of drug-likeness (QED) is 0.218. The molecule has 0 saturated carbocycles. The Morgan fingerprint density at radius 2 is 1.03 bits per heavy atom. The molecule has 0 atom stereocenters. The summed E-state index contributed by atoms with van der Waals surface area (Å²) in [5.41, 5.74) is -0.303. The van der Waals surface area contributed by atoms with Gasteiger partial charge in [0, 0.05) is 17.7 Å². The van der Waals surface area contributed by atoms with Gasteiger partial charge in [-0.05, 0) is 31.2 Å². The van der Waals surface area contributed by atoms with Crippen LogP contribution in [0.2, 0.25) is 0 Å². The Balaban J connectivity index is 3.23. The third-order valence-electron chi connectivity index (χ3n) is 4.84. The van der Waals surface area contributed by atoms with Crippen molar-refractivity contribution in [2.24, 2.45) is 0 Å². The SMILES string of the molecule is CCOc1ccc(C(=O)SCCC(F)(F)C(F)(F)C(F)(F)C(F)(F)C(F)(F)C(F)(F)C(F)(F)C(F)(F)F)cc1. The topological polar surface area (TPSA) is 26.3 Å². The maximum absolute atomic E-state index is 13.9. The lowest BCUT2D eigenvalue weighted by molar-refractivity contribution is -0.461. The predicted octanol–water partition coefficient (Wildman–Crippen LogP) is 8.36. The van der Waals surface area contributed by atoms with E-state index in [0.717, 1.165) is 12.1 Å². The first-order chi connectivity index (χ1) is 17.2. The van der Waals surface area contributed by atoms with Crippen LogP contribution in [0.4, 0.5) is 74.6 Å². The van der Waals surface area contributed by atoms with Gasteiger partial charge in [0.2, 0.25) is 5.12 Å². The summed E-state index contributed by atoms with van der Waals surface area (Å²) in [6, 6.07) is 4.42. The summed E-state index contributed by atoms with van der Waals surface area (Å²) in [7, 11) is 0. The van der Waals surface area contributed by atoms with Gasteiger partial charge in [0.15, 0.2) is 0 Å². The molecule has 1 aromatic carbocycles. The average Bonchev–Trinajstić information content (AvgIpc) is 2.78. The second-order valence-corrected chi connectivity index (χ2v) is 8.56. The number of carbonyl (C=O) groups excluding carboxylic acids is 1. The van der Waals surface area contributed by atoms with Crippen molar-refractivity contribution >= 4 is 16.9 Å². The number of thioether (sulfide) groups is 1. The molecule has 0 aliphatic heterocycles. The highest BCUT2D eigenvalue weighted by Crippen LogP contribution is 2.64. The van der Waals surface area contributed by atoms with Gasteiger partial charge in [-0.25, -0.2) is 0 Å². The van der Waals surface area contributed by atoms with E-state index < -0.39 is 64.9 Å². The number of carbonyl (C=O) groups is 1. The molecule has 39 heavy (non-hydrogen) atoms. The van der Waals surface area contributed by atoms with Crippen LogP contribution in [-0.2, 0) is 0 Å². The van der Waals surface area contributed by atoms with Gasteiger partial charge in [0.05, 0.1) is 6.61 Å². The van der Waals surface area contributed by atoms with Crippen LogP contribution in [0.3, 0.4) is 0 Å². The van der Waals surface area contributed by atoms with Crippen molar-refractivity contribution in [3.63, 3.8) is 0 Å². The first-order valence-electron chi connectivity index (χ1n) is 9.78. The Kier molecular flexibility index (Phi) is 9.55. The lowest BCUT2D eigenvalue weighted by Gasteiger charge is -2.42. The summed E-state index contributed by atoms with van der Waals surface area (Å²) in [4.78, 5) is 11.9. The summed E-state index contributed by atoms with van der Waals surface area (Å²) in [5, 5.41) is -1.19. The maximum atomic E-state index is 13.9. The van der Waals surface area contributed by atoms with Gasteiger partial charge in [0.1, 0.15) is 5.75 Å². The lowest BCUT2D eigenvalue weighted by Crippen LogP contribution is -2.74. The molecule has 0 radical (unpaired) electrons. The van der Waals surface area contributed by atoms with Crippen LogP contribution in [0.25, 0.3) is 0 Å². The van der Waals surface area contributed by atoms with Crippen LogP contribution in [0, 0.1) is 0 Å². The van der Waals surface area contributed by atoms with Crippen molar-refractivity contribution in [2.75, 3.05) is 12.4 Å². The Hall–Kier alpha value is -2.15. The first-order valence-corrected chi connectivity index (χ1v) is 10.8. The minimum atomic E-state index is -8.67.